The Bertz CT molecular complexity index is 271. The van der Waals surface area contributed by atoms with Gasteiger partial charge < -0.3 is 0 Å². The van der Waals surface area contributed by atoms with Crippen LogP contribution in [-0.2, 0) is 0 Å². The molecule has 1 aromatic rings. The summed E-state index contributed by atoms with van der Waals surface area (Å²) in [6, 6.07) is 2.20. The van der Waals surface area contributed by atoms with Gasteiger partial charge in [0.15, 0.2) is 0 Å². The molecule has 0 aliphatic heterocycles. The van der Waals surface area contributed by atoms with E-state index in [-0.39, 0.29) is 0 Å². The zero-order chi connectivity index (χ0) is 8.72. The van der Waals surface area contributed by atoms with Crippen LogP contribution in [0.4, 0.5) is 0 Å². The molecule has 2 rings (SSSR count). The molecule has 0 bridgehead atoms. The van der Waals surface area contributed by atoms with Gasteiger partial charge in [-0.05, 0) is 56.7 Å². The Hall–Kier alpha value is 1.14. The first kappa shape index (κ1) is 9.69. The molecule has 1 saturated carbocycles. The van der Waals surface area contributed by atoms with Crippen molar-refractivity contribution in [2.75, 3.05) is 0 Å². The molecule has 12 heavy (non-hydrogen) atoms. The molecule has 0 N–H and O–H groups in total. The topological polar surface area (TPSA) is 0 Å². The lowest BCUT2D eigenvalue weighted by atomic mass is 10.2. The number of rotatable bonds is 2. The lowest BCUT2D eigenvalue weighted by molar-refractivity contribution is 0.836. The van der Waals surface area contributed by atoms with Gasteiger partial charge in [-0.2, -0.15) is 0 Å². The lowest BCUT2D eigenvalue weighted by Gasteiger charge is -2.02. The minimum Gasteiger partial charge on any atom is -0.131 e. The summed E-state index contributed by atoms with van der Waals surface area (Å²) in [5.74, 6) is 0.877. The molecule has 1 aliphatic carbocycles. The highest BCUT2D eigenvalue weighted by molar-refractivity contribution is 9.13. The Morgan fingerprint density at radius 2 is 2.08 bits per heavy atom. The van der Waals surface area contributed by atoms with E-state index in [2.05, 4.69) is 53.9 Å². The maximum Gasteiger partial charge on any atom is 0.0843 e. The SMILES string of the molecule is Brc1cc(C(Br)C2CC2)sc1Br. The van der Waals surface area contributed by atoms with E-state index in [9.17, 15) is 0 Å². The number of hydrogen-bond donors (Lipinski definition) is 0. The number of hydrogen-bond acceptors (Lipinski definition) is 1. The summed E-state index contributed by atoms with van der Waals surface area (Å²) in [5, 5.41) is 0. The quantitative estimate of drug-likeness (QED) is 0.630. The van der Waals surface area contributed by atoms with Crippen LogP contribution in [0.5, 0.6) is 0 Å². The minimum atomic E-state index is 0.574. The first-order chi connectivity index (χ1) is 5.68. The van der Waals surface area contributed by atoms with E-state index in [0.29, 0.717) is 4.83 Å². The zero-order valence-electron chi connectivity index (χ0n) is 6.19. The van der Waals surface area contributed by atoms with E-state index in [0.717, 1.165) is 5.92 Å². The highest BCUT2D eigenvalue weighted by Gasteiger charge is 2.31. The Balaban J connectivity index is 2.21. The van der Waals surface area contributed by atoms with Crippen LogP contribution in [0.15, 0.2) is 14.3 Å². The largest absolute Gasteiger partial charge is 0.131 e. The molecule has 66 valence electrons. The van der Waals surface area contributed by atoms with E-state index < -0.39 is 0 Å². The standard InChI is InChI=1S/C8H7Br3S/c9-5-3-6(12-8(5)11)7(10)4-1-2-4/h3-4,7H,1-2H2. The van der Waals surface area contributed by atoms with E-state index in [1.165, 1.54) is 26.0 Å². The van der Waals surface area contributed by atoms with E-state index in [1.807, 2.05) is 11.3 Å². The third kappa shape index (κ3) is 1.97. The number of alkyl halides is 1. The van der Waals surface area contributed by atoms with Gasteiger partial charge in [-0.3, -0.25) is 0 Å². The van der Waals surface area contributed by atoms with Crippen molar-refractivity contribution in [3.05, 3.63) is 19.2 Å². The second-order valence-electron chi connectivity index (χ2n) is 3.01. The molecule has 0 aromatic carbocycles. The van der Waals surface area contributed by atoms with Crippen molar-refractivity contribution in [2.24, 2.45) is 5.92 Å². The Labute approximate surface area is 101 Å². The van der Waals surface area contributed by atoms with Crippen LogP contribution in [-0.4, -0.2) is 0 Å². The fourth-order valence-electron chi connectivity index (χ4n) is 1.12. The third-order valence-corrected chi connectivity index (χ3v) is 6.86. The number of thiophene rings is 1. The second-order valence-corrected chi connectivity index (χ2v) is 7.25. The van der Waals surface area contributed by atoms with Crippen molar-refractivity contribution in [3.8, 4) is 0 Å². The smallest absolute Gasteiger partial charge is 0.0843 e. The molecule has 1 unspecified atom stereocenters. The summed E-state index contributed by atoms with van der Waals surface area (Å²) >= 11 is 12.5. The average Bonchev–Trinajstić information content (AvgIpc) is 2.80. The molecule has 0 spiro atoms. The summed E-state index contributed by atoms with van der Waals surface area (Å²) in [5.41, 5.74) is 0. The minimum absolute atomic E-state index is 0.574. The summed E-state index contributed by atoms with van der Waals surface area (Å²) in [7, 11) is 0. The van der Waals surface area contributed by atoms with Gasteiger partial charge in [0.05, 0.1) is 8.61 Å². The number of halogens is 3. The van der Waals surface area contributed by atoms with Crippen molar-refractivity contribution < 1.29 is 0 Å². The van der Waals surface area contributed by atoms with Gasteiger partial charge in [0.2, 0.25) is 0 Å². The van der Waals surface area contributed by atoms with Crippen molar-refractivity contribution >= 4 is 59.1 Å². The van der Waals surface area contributed by atoms with E-state index >= 15 is 0 Å². The van der Waals surface area contributed by atoms with Crippen molar-refractivity contribution in [1.29, 1.82) is 0 Å². The maximum atomic E-state index is 3.73. The molecule has 0 saturated heterocycles. The van der Waals surface area contributed by atoms with Crippen LogP contribution in [0.1, 0.15) is 22.5 Å². The van der Waals surface area contributed by atoms with Crippen LogP contribution >= 0.6 is 59.1 Å². The molecule has 0 amide bonds. The van der Waals surface area contributed by atoms with Crippen LogP contribution < -0.4 is 0 Å². The van der Waals surface area contributed by atoms with Gasteiger partial charge in [0, 0.05) is 9.35 Å². The maximum absolute atomic E-state index is 3.73. The van der Waals surface area contributed by atoms with Gasteiger partial charge in [-0.25, -0.2) is 0 Å². The predicted molar refractivity (Wildman–Crippen MR) is 64.1 cm³/mol. The van der Waals surface area contributed by atoms with Gasteiger partial charge in [0.1, 0.15) is 0 Å². The third-order valence-electron chi connectivity index (χ3n) is 1.97. The van der Waals surface area contributed by atoms with Crippen molar-refractivity contribution in [1.82, 2.24) is 0 Å². The zero-order valence-corrected chi connectivity index (χ0v) is 11.8. The Morgan fingerprint density at radius 1 is 1.42 bits per heavy atom. The van der Waals surface area contributed by atoms with Gasteiger partial charge >= 0.3 is 0 Å². The van der Waals surface area contributed by atoms with Gasteiger partial charge in [-0.1, -0.05) is 15.9 Å². The van der Waals surface area contributed by atoms with Crippen LogP contribution in [0.3, 0.4) is 0 Å². The normalized spacial score (nSPS) is 19.6. The van der Waals surface area contributed by atoms with Gasteiger partial charge in [0.25, 0.3) is 0 Å². The van der Waals surface area contributed by atoms with Crippen LogP contribution in [0, 0.1) is 5.92 Å². The van der Waals surface area contributed by atoms with Crippen LogP contribution in [0.25, 0.3) is 0 Å². The van der Waals surface area contributed by atoms with Crippen molar-refractivity contribution in [2.45, 2.75) is 17.7 Å². The molecule has 1 aliphatic rings. The predicted octanol–water partition coefficient (Wildman–Crippen LogP) is 5.12. The summed E-state index contributed by atoms with van der Waals surface area (Å²) < 4.78 is 2.37. The molecule has 1 aromatic heterocycles. The first-order valence-corrected chi connectivity index (χ1v) is 7.09. The Kier molecular flexibility index (Phi) is 3.00. The summed E-state index contributed by atoms with van der Waals surface area (Å²) in [6.07, 6.45) is 2.76. The molecule has 0 nitrogen and oxygen atoms in total. The lowest BCUT2D eigenvalue weighted by Crippen LogP contribution is -1.86. The highest BCUT2D eigenvalue weighted by atomic mass is 79.9. The van der Waals surface area contributed by atoms with Crippen molar-refractivity contribution in [3.63, 3.8) is 0 Å². The molecule has 1 fully saturated rings. The van der Waals surface area contributed by atoms with E-state index in [1.54, 1.807) is 0 Å². The fourth-order valence-corrected chi connectivity index (χ4v) is 4.22. The molecule has 1 atom stereocenters. The monoisotopic (exact) mass is 372 g/mol. The Morgan fingerprint density at radius 3 is 2.50 bits per heavy atom. The molecule has 4 heteroatoms. The second kappa shape index (κ2) is 3.71. The van der Waals surface area contributed by atoms with Crippen LogP contribution in [0.2, 0.25) is 0 Å². The highest BCUT2D eigenvalue weighted by Crippen LogP contribution is 2.49. The average molecular weight is 375 g/mol. The summed E-state index contributed by atoms with van der Waals surface area (Å²) in [4.78, 5) is 2.00. The van der Waals surface area contributed by atoms with Gasteiger partial charge in [-0.15, -0.1) is 11.3 Å². The summed E-state index contributed by atoms with van der Waals surface area (Å²) in [6.45, 7) is 0. The molecular formula is C8H7Br3S. The molecule has 1 heterocycles. The van der Waals surface area contributed by atoms with E-state index in [4.69, 9.17) is 0 Å². The first-order valence-electron chi connectivity index (χ1n) is 3.77. The fraction of sp³-hybridized carbons (Fsp3) is 0.500. The molecule has 0 radical (unpaired) electrons. The molecular weight excluding hydrogens is 368 g/mol.